The van der Waals surface area contributed by atoms with E-state index in [0.717, 1.165) is 12.8 Å². The second kappa shape index (κ2) is 8.64. The fraction of sp³-hybridized carbons (Fsp3) is 0.800. The minimum atomic E-state index is -3.58. The first kappa shape index (κ1) is 24.3. The van der Waals surface area contributed by atoms with Gasteiger partial charge in [-0.2, -0.15) is 0 Å². The molecule has 1 aliphatic rings. The lowest BCUT2D eigenvalue weighted by Gasteiger charge is -2.25. The Labute approximate surface area is 178 Å². The summed E-state index contributed by atoms with van der Waals surface area (Å²) in [6, 6.07) is -0.956. The number of hydrogen-bond acceptors (Lipinski definition) is 8. The topological polar surface area (TPSA) is 128 Å². The van der Waals surface area contributed by atoms with E-state index in [9.17, 15) is 18.0 Å². The highest BCUT2D eigenvalue weighted by Gasteiger charge is 2.47. The van der Waals surface area contributed by atoms with Gasteiger partial charge >= 0.3 is 6.09 Å². The third kappa shape index (κ3) is 5.19. The van der Waals surface area contributed by atoms with E-state index in [1.165, 1.54) is 13.8 Å². The van der Waals surface area contributed by atoms with Crippen LogP contribution in [0, 0.1) is 5.92 Å². The maximum Gasteiger partial charge on any atom is 0.408 e. The minimum absolute atomic E-state index is 0.127. The van der Waals surface area contributed by atoms with Crippen molar-refractivity contribution in [3.63, 3.8) is 0 Å². The molecule has 1 amide bonds. The zero-order valence-corrected chi connectivity index (χ0v) is 19.6. The lowest BCUT2D eigenvalue weighted by molar-refractivity contribution is 0.0472. The second-order valence-corrected chi connectivity index (χ2v) is 12.4. The van der Waals surface area contributed by atoms with Gasteiger partial charge in [0.25, 0.3) is 5.89 Å². The van der Waals surface area contributed by atoms with Crippen molar-refractivity contribution >= 4 is 21.7 Å². The molecule has 0 bridgehead atoms. The summed E-state index contributed by atoms with van der Waals surface area (Å²) in [5.41, 5.74) is -0.717. The fourth-order valence-corrected chi connectivity index (χ4v) is 5.52. The third-order valence-corrected chi connectivity index (χ3v) is 8.17. The van der Waals surface area contributed by atoms with Crippen LogP contribution in [0.4, 0.5) is 4.79 Å². The number of hydrogen-bond donors (Lipinski definition) is 1. The van der Waals surface area contributed by atoms with E-state index in [1.807, 2.05) is 0 Å². The van der Waals surface area contributed by atoms with Crippen molar-refractivity contribution < 1.29 is 27.2 Å². The van der Waals surface area contributed by atoms with Crippen LogP contribution in [-0.2, 0) is 19.3 Å². The third-order valence-electron chi connectivity index (χ3n) is 5.22. The molecule has 170 valence electrons. The number of carbonyl (C=O) groups is 2. The molecule has 10 heteroatoms. The molecule has 1 aromatic heterocycles. The molecule has 0 aromatic carbocycles. The number of Topliss-reactive ketones (excluding diaryl/α,β-unsaturated/α-hetero) is 1. The van der Waals surface area contributed by atoms with Crippen LogP contribution in [0.25, 0.3) is 0 Å². The molecule has 0 saturated heterocycles. The molecule has 1 aliphatic carbocycles. The Morgan fingerprint density at radius 1 is 1.10 bits per heavy atom. The molecule has 0 aliphatic heterocycles. The first-order chi connectivity index (χ1) is 13.7. The predicted molar refractivity (Wildman–Crippen MR) is 111 cm³/mol. The smallest absolute Gasteiger partial charge is 0.408 e. The van der Waals surface area contributed by atoms with Crippen LogP contribution >= 0.6 is 0 Å². The summed E-state index contributed by atoms with van der Waals surface area (Å²) in [5.74, 6) is -1.34. The zero-order chi connectivity index (χ0) is 22.9. The van der Waals surface area contributed by atoms with E-state index < -0.39 is 43.4 Å². The van der Waals surface area contributed by atoms with E-state index in [4.69, 9.17) is 9.15 Å². The number of rotatable bonds is 7. The summed E-state index contributed by atoms with van der Waals surface area (Å²) in [6.45, 7) is 11.7. The number of nitrogens with zero attached hydrogens (tertiary/aromatic N) is 2. The highest BCUT2D eigenvalue weighted by Crippen LogP contribution is 2.37. The van der Waals surface area contributed by atoms with E-state index in [1.54, 1.807) is 34.6 Å². The van der Waals surface area contributed by atoms with Crippen molar-refractivity contribution in [1.29, 1.82) is 0 Å². The number of amides is 1. The van der Waals surface area contributed by atoms with Crippen molar-refractivity contribution in [2.75, 3.05) is 0 Å². The monoisotopic (exact) mass is 443 g/mol. The van der Waals surface area contributed by atoms with Crippen LogP contribution in [0.15, 0.2) is 4.42 Å². The molecule has 1 fully saturated rings. The number of ether oxygens (including phenoxy) is 1. The molecule has 0 spiro atoms. The van der Waals surface area contributed by atoms with Gasteiger partial charge in [0, 0.05) is 0 Å². The van der Waals surface area contributed by atoms with E-state index in [2.05, 4.69) is 15.5 Å². The van der Waals surface area contributed by atoms with E-state index in [0.29, 0.717) is 12.8 Å². The molecular weight excluding hydrogens is 410 g/mol. The molecule has 1 saturated carbocycles. The lowest BCUT2D eigenvalue weighted by Crippen LogP contribution is -2.46. The number of alkyl carbamates (subject to hydrolysis) is 1. The van der Waals surface area contributed by atoms with Gasteiger partial charge in [-0.3, -0.25) is 4.79 Å². The molecule has 1 aromatic rings. The fourth-order valence-electron chi connectivity index (χ4n) is 3.41. The van der Waals surface area contributed by atoms with Crippen LogP contribution in [0.2, 0.25) is 0 Å². The molecule has 0 radical (unpaired) electrons. The number of aromatic nitrogens is 2. The van der Waals surface area contributed by atoms with Gasteiger partial charge in [0.05, 0.1) is 5.25 Å². The summed E-state index contributed by atoms with van der Waals surface area (Å²) in [4.78, 5) is 25.0. The predicted octanol–water partition coefficient (Wildman–Crippen LogP) is 3.39. The summed E-state index contributed by atoms with van der Waals surface area (Å²) in [5, 5.41) is 9.74. The van der Waals surface area contributed by atoms with Crippen LogP contribution in [0.3, 0.4) is 0 Å². The molecule has 1 N–H and O–H groups in total. The number of sulfone groups is 1. The largest absolute Gasteiger partial charge is 0.444 e. The standard InChI is InChI=1S/C20H33N3O6S/c1-12(2)14(21-18(25)29-19(3,4)5)15(24)16-22-23-17(28-16)20(6,7)30(26,27)13-10-8-9-11-13/h12-14H,8-11H2,1-7H3,(H,21,25). The normalized spacial score (nSPS) is 17.2. The van der Waals surface area contributed by atoms with Gasteiger partial charge in [0.15, 0.2) is 9.84 Å². The molecule has 30 heavy (non-hydrogen) atoms. The number of carbonyl (C=O) groups excluding carboxylic acids is 2. The second-order valence-electron chi connectivity index (χ2n) is 9.61. The summed E-state index contributed by atoms with van der Waals surface area (Å²) < 4.78 is 35.5. The molecule has 9 nitrogen and oxygen atoms in total. The van der Waals surface area contributed by atoms with E-state index in [-0.39, 0.29) is 17.7 Å². The summed E-state index contributed by atoms with van der Waals surface area (Å²) in [7, 11) is -3.58. The lowest BCUT2D eigenvalue weighted by atomic mass is 10.00. The zero-order valence-electron chi connectivity index (χ0n) is 18.8. The van der Waals surface area contributed by atoms with E-state index >= 15 is 0 Å². The van der Waals surface area contributed by atoms with Gasteiger partial charge in [-0.25, -0.2) is 13.2 Å². The van der Waals surface area contributed by atoms with Gasteiger partial charge in [-0.05, 0) is 53.4 Å². The van der Waals surface area contributed by atoms with Crippen LogP contribution in [-0.4, -0.2) is 47.4 Å². The van der Waals surface area contributed by atoms with Crippen LogP contribution in [0.1, 0.15) is 90.7 Å². The average molecular weight is 444 g/mol. The van der Waals surface area contributed by atoms with Gasteiger partial charge < -0.3 is 14.5 Å². The molecular formula is C20H33N3O6S. The van der Waals surface area contributed by atoms with Crippen molar-refractivity contribution in [2.24, 2.45) is 5.92 Å². The van der Waals surface area contributed by atoms with Gasteiger partial charge in [0.2, 0.25) is 11.7 Å². The number of ketones is 1. The summed E-state index contributed by atoms with van der Waals surface area (Å²) in [6.07, 6.45) is 2.24. The Kier molecular flexibility index (Phi) is 7.00. The summed E-state index contributed by atoms with van der Waals surface area (Å²) >= 11 is 0. The Morgan fingerprint density at radius 3 is 2.17 bits per heavy atom. The van der Waals surface area contributed by atoms with Crippen LogP contribution in [0.5, 0.6) is 0 Å². The van der Waals surface area contributed by atoms with Crippen molar-refractivity contribution in [2.45, 2.75) is 95.8 Å². The highest BCUT2D eigenvalue weighted by atomic mass is 32.2. The Morgan fingerprint density at radius 2 is 1.67 bits per heavy atom. The molecule has 1 unspecified atom stereocenters. The van der Waals surface area contributed by atoms with Gasteiger partial charge in [-0.1, -0.05) is 26.7 Å². The maximum absolute atomic E-state index is 13.1. The number of nitrogens with one attached hydrogen (secondary N) is 1. The Balaban J connectivity index is 2.24. The van der Waals surface area contributed by atoms with Gasteiger partial charge in [0.1, 0.15) is 16.4 Å². The first-order valence-electron chi connectivity index (χ1n) is 10.3. The first-order valence-corrected chi connectivity index (χ1v) is 11.8. The van der Waals surface area contributed by atoms with Crippen molar-refractivity contribution in [1.82, 2.24) is 15.5 Å². The molecule has 2 rings (SSSR count). The van der Waals surface area contributed by atoms with Gasteiger partial charge in [-0.15, -0.1) is 10.2 Å². The quantitative estimate of drug-likeness (QED) is 0.635. The van der Waals surface area contributed by atoms with Crippen LogP contribution < -0.4 is 5.32 Å². The minimum Gasteiger partial charge on any atom is -0.444 e. The SMILES string of the molecule is CC(C)C(NC(=O)OC(C)(C)C)C(=O)c1nnc(C(C)(C)S(=O)(=O)C2CCCC2)o1. The maximum atomic E-state index is 13.1. The Hall–Kier alpha value is -1.97. The molecule has 1 atom stereocenters. The van der Waals surface area contributed by atoms with Crippen molar-refractivity contribution in [3.05, 3.63) is 11.8 Å². The Bertz CT molecular complexity index is 877. The molecule has 1 heterocycles. The highest BCUT2D eigenvalue weighted by molar-refractivity contribution is 7.92. The average Bonchev–Trinajstić information content (AvgIpc) is 3.28. The van der Waals surface area contributed by atoms with Crippen molar-refractivity contribution in [3.8, 4) is 0 Å².